The molecule has 0 bridgehead atoms. The highest BCUT2D eigenvalue weighted by Gasteiger charge is 2.13. The first-order valence-corrected chi connectivity index (χ1v) is 7.15. The molecule has 5 nitrogen and oxygen atoms in total. The molecule has 2 aromatic rings. The lowest BCUT2D eigenvalue weighted by atomic mass is 10.1. The Hall–Kier alpha value is -2.56. The molecule has 5 heteroatoms. The van der Waals surface area contributed by atoms with Gasteiger partial charge >= 0.3 is 0 Å². The maximum Gasteiger partial charge on any atom is 0.251 e. The maximum absolute atomic E-state index is 12.0. The van der Waals surface area contributed by atoms with Crippen LogP contribution < -0.4 is 10.6 Å². The summed E-state index contributed by atoms with van der Waals surface area (Å²) in [6.45, 7) is 5.68. The molecule has 22 heavy (non-hydrogen) atoms. The number of nitrogens with one attached hydrogen (secondary N) is 2. The monoisotopic (exact) mass is 300 g/mol. The Morgan fingerprint density at radius 3 is 2.59 bits per heavy atom. The second kappa shape index (κ2) is 6.93. The molecule has 1 atom stereocenters. The van der Waals surface area contributed by atoms with E-state index in [1.165, 1.54) is 0 Å². The average Bonchev–Trinajstić information content (AvgIpc) is 3.02. The summed E-state index contributed by atoms with van der Waals surface area (Å²) < 4.78 is 5.21. The standard InChI is InChI=1S/C17H20N2O3/c1-11-6-7-14(9-12(11)2)17(21)18-10-16(20)19-13(3)15-5-4-8-22-15/h4-9,13H,10H2,1-3H3,(H,18,21)(H,19,20)/t13-/m1/s1. The molecule has 0 saturated carbocycles. The molecular weight excluding hydrogens is 280 g/mol. The molecule has 0 aliphatic heterocycles. The Labute approximate surface area is 129 Å². The number of hydrogen-bond donors (Lipinski definition) is 2. The summed E-state index contributed by atoms with van der Waals surface area (Å²) in [5.74, 6) is 0.152. The largest absolute Gasteiger partial charge is 0.467 e. The predicted octanol–water partition coefficient (Wildman–Crippen LogP) is 2.50. The molecule has 1 aromatic carbocycles. The maximum atomic E-state index is 12.0. The molecule has 0 radical (unpaired) electrons. The summed E-state index contributed by atoms with van der Waals surface area (Å²) in [6.07, 6.45) is 1.56. The first-order valence-electron chi connectivity index (χ1n) is 7.15. The third-order valence-electron chi connectivity index (χ3n) is 3.53. The van der Waals surface area contributed by atoms with Gasteiger partial charge in [-0.2, -0.15) is 0 Å². The van der Waals surface area contributed by atoms with Crippen LogP contribution in [-0.2, 0) is 4.79 Å². The van der Waals surface area contributed by atoms with E-state index in [0.29, 0.717) is 11.3 Å². The van der Waals surface area contributed by atoms with E-state index >= 15 is 0 Å². The fraction of sp³-hybridized carbons (Fsp3) is 0.294. The van der Waals surface area contributed by atoms with Crippen LogP contribution >= 0.6 is 0 Å². The van der Waals surface area contributed by atoms with E-state index < -0.39 is 0 Å². The molecule has 0 aliphatic carbocycles. The molecule has 116 valence electrons. The van der Waals surface area contributed by atoms with Crippen molar-refractivity contribution >= 4 is 11.8 Å². The van der Waals surface area contributed by atoms with Crippen LogP contribution in [0.4, 0.5) is 0 Å². The Bertz CT molecular complexity index is 663. The summed E-state index contributed by atoms with van der Waals surface area (Å²) in [6, 6.07) is 8.78. The lowest BCUT2D eigenvalue weighted by Crippen LogP contribution is -2.37. The quantitative estimate of drug-likeness (QED) is 0.891. The van der Waals surface area contributed by atoms with Crippen LogP contribution in [0.3, 0.4) is 0 Å². The van der Waals surface area contributed by atoms with Crippen molar-refractivity contribution in [3.05, 3.63) is 59.0 Å². The second-order valence-corrected chi connectivity index (χ2v) is 5.29. The SMILES string of the molecule is Cc1ccc(C(=O)NCC(=O)N[C@H](C)c2ccco2)cc1C. The lowest BCUT2D eigenvalue weighted by Gasteiger charge is -2.12. The van der Waals surface area contributed by atoms with Crippen LogP contribution in [0.5, 0.6) is 0 Å². The fourth-order valence-corrected chi connectivity index (χ4v) is 2.05. The molecule has 2 amide bonds. The van der Waals surface area contributed by atoms with E-state index in [2.05, 4.69) is 10.6 Å². The molecule has 0 unspecified atom stereocenters. The van der Waals surface area contributed by atoms with Crippen molar-refractivity contribution in [2.45, 2.75) is 26.8 Å². The summed E-state index contributed by atoms with van der Waals surface area (Å²) >= 11 is 0. The van der Waals surface area contributed by atoms with Crippen LogP contribution in [0.1, 0.15) is 40.2 Å². The zero-order valence-electron chi connectivity index (χ0n) is 13.0. The van der Waals surface area contributed by atoms with Crippen molar-refractivity contribution in [2.24, 2.45) is 0 Å². The van der Waals surface area contributed by atoms with Crippen LogP contribution in [0.2, 0.25) is 0 Å². The molecule has 0 aliphatic rings. The number of benzene rings is 1. The number of hydrogen-bond acceptors (Lipinski definition) is 3. The Kier molecular flexibility index (Phi) is 4.99. The second-order valence-electron chi connectivity index (χ2n) is 5.29. The molecule has 0 spiro atoms. The van der Waals surface area contributed by atoms with Gasteiger partial charge in [0.25, 0.3) is 5.91 Å². The highest BCUT2D eigenvalue weighted by molar-refractivity contribution is 5.96. The highest BCUT2D eigenvalue weighted by Crippen LogP contribution is 2.12. The van der Waals surface area contributed by atoms with Gasteiger partial charge < -0.3 is 15.1 Å². The van der Waals surface area contributed by atoms with Gasteiger partial charge in [-0.3, -0.25) is 9.59 Å². The number of carbonyl (C=O) groups is 2. The topological polar surface area (TPSA) is 71.3 Å². The number of aryl methyl sites for hydroxylation is 2. The van der Waals surface area contributed by atoms with Crippen molar-refractivity contribution in [3.8, 4) is 0 Å². The van der Waals surface area contributed by atoms with Crippen molar-refractivity contribution in [1.82, 2.24) is 10.6 Å². The van der Waals surface area contributed by atoms with Crippen molar-refractivity contribution in [3.63, 3.8) is 0 Å². The van der Waals surface area contributed by atoms with E-state index in [9.17, 15) is 9.59 Å². The summed E-state index contributed by atoms with van der Waals surface area (Å²) in [5.41, 5.74) is 2.72. The number of furan rings is 1. The van der Waals surface area contributed by atoms with Crippen LogP contribution in [-0.4, -0.2) is 18.4 Å². The molecule has 0 fully saturated rings. The van der Waals surface area contributed by atoms with Gasteiger partial charge in [-0.25, -0.2) is 0 Å². The molecular formula is C17H20N2O3. The average molecular weight is 300 g/mol. The minimum atomic E-state index is -0.263. The van der Waals surface area contributed by atoms with E-state index in [0.717, 1.165) is 11.1 Å². The van der Waals surface area contributed by atoms with Crippen molar-refractivity contribution in [1.29, 1.82) is 0 Å². The summed E-state index contributed by atoms with van der Waals surface area (Å²) in [4.78, 5) is 23.9. The molecule has 2 N–H and O–H groups in total. The third kappa shape index (κ3) is 3.97. The van der Waals surface area contributed by atoms with E-state index in [1.807, 2.05) is 32.9 Å². The van der Waals surface area contributed by atoms with Gasteiger partial charge in [0.2, 0.25) is 5.91 Å². The van der Waals surface area contributed by atoms with Gasteiger partial charge in [0, 0.05) is 5.56 Å². The summed E-state index contributed by atoms with van der Waals surface area (Å²) in [5, 5.41) is 5.38. The normalized spacial score (nSPS) is 11.8. The third-order valence-corrected chi connectivity index (χ3v) is 3.53. The molecule has 1 heterocycles. The number of rotatable bonds is 5. The Morgan fingerprint density at radius 1 is 1.18 bits per heavy atom. The van der Waals surface area contributed by atoms with Crippen LogP contribution in [0, 0.1) is 13.8 Å². The van der Waals surface area contributed by atoms with E-state index in [1.54, 1.807) is 24.5 Å². The van der Waals surface area contributed by atoms with Gasteiger partial charge in [0.1, 0.15) is 5.76 Å². The van der Waals surface area contributed by atoms with Gasteiger partial charge in [0.15, 0.2) is 0 Å². The highest BCUT2D eigenvalue weighted by atomic mass is 16.3. The number of amides is 2. The summed E-state index contributed by atoms with van der Waals surface area (Å²) in [7, 11) is 0. The molecule has 0 saturated heterocycles. The van der Waals surface area contributed by atoms with Crippen LogP contribution in [0.15, 0.2) is 41.0 Å². The van der Waals surface area contributed by atoms with Crippen molar-refractivity contribution < 1.29 is 14.0 Å². The van der Waals surface area contributed by atoms with E-state index in [4.69, 9.17) is 4.42 Å². The first-order chi connectivity index (χ1) is 10.5. The Balaban J connectivity index is 1.85. The van der Waals surface area contributed by atoms with Crippen LogP contribution in [0.25, 0.3) is 0 Å². The first kappa shape index (κ1) is 15.8. The Morgan fingerprint density at radius 2 is 1.95 bits per heavy atom. The molecule has 1 aromatic heterocycles. The van der Waals surface area contributed by atoms with Gasteiger partial charge in [-0.15, -0.1) is 0 Å². The molecule has 2 rings (SSSR count). The smallest absolute Gasteiger partial charge is 0.251 e. The van der Waals surface area contributed by atoms with Crippen molar-refractivity contribution in [2.75, 3.05) is 6.54 Å². The zero-order valence-corrected chi connectivity index (χ0v) is 13.0. The fourth-order valence-electron chi connectivity index (χ4n) is 2.05. The predicted molar refractivity (Wildman–Crippen MR) is 83.5 cm³/mol. The zero-order chi connectivity index (χ0) is 16.1. The lowest BCUT2D eigenvalue weighted by molar-refractivity contribution is -0.120. The minimum absolute atomic E-state index is 0.0726. The van der Waals surface area contributed by atoms with E-state index in [-0.39, 0.29) is 24.4 Å². The number of carbonyl (C=O) groups excluding carboxylic acids is 2. The van der Waals surface area contributed by atoms with Gasteiger partial charge in [-0.1, -0.05) is 6.07 Å². The minimum Gasteiger partial charge on any atom is -0.467 e. The van der Waals surface area contributed by atoms with Gasteiger partial charge in [-0.05, 0) is 56.2 Å². The van der Waals surface area contributed by atoms with Gasteiger partial charge in [0.05, 0.1) is 18.8 Å².